The molecular weight excluding hydrogens is 235 g/mol. The van der Waals surface area contributed by atoms with Crippen LogP contribution in [-0.4, -0.2) is 12.5 Å². The van der Waals surface area contributed by atoms with E-state index in [2.05, 4.69) is 5.32 Å². The van der Waals surface area contributed by atoms with Crippen molar-refractivity contribution in [1.82, 2.24) is 5.32 Å². The van der Waals surface area contributed by atoms with Crippen LogP contribution in [0.5, 0.6) is 0 Å². The van der Waals surface area contributed by atoms with E-state index in [1.54, 1.807) is 18.2 Å². The SMILES string of the molecule is CCNC(C(N)=O)c1cc(Cl)ccc1Cl. The molecule has 0 aliphatic rings. The minimum absolute atomic E-state index is 0.471. The zero-order chi connectivity index (χ0) is 11.4. The lowest BCUT2D eigenvalue weighted by Crippen LogP contribution is -2.33. The summed E-state index contributed by atoms with van der Waals surface area (Å²) >= 11 is 11.8. The van der Waals surface area contributed by atoms with Crippen molar-refractivity contribution in [3.8, 4) is 0 Å². The average molecular weight is 247 g/mol. The number of carbonyl (C=O) groups excluding carboxylic acids is 1. The molecule has 1 rings (SSSR count). The second kappa shape index (κ2) is 5.35. The monoisotopic (exact) mass is 246 g/mol. The summed E-state index contributed by atoms with van der Waals surface area (Å²) in [5.41, 5.74) is 5.88. The van der Waals surface area contributed by atoms with Crippen molar-refractivity contribution < 1.29 is 4.79 Å². The molecule has 1 unspecified atom stereocenters. The number of nitrogens with two attached hydrogens (primary N) is 1. The lowest BCUT2D eigenvalue weighted by atomic mass is 10.1. The summed E-state index contributed by atoms with van der Waals surface area (Å²) in [6.45, 7) is 2.50. The van der Waals surface area contributed by atoms with Crippen molar-refractivity contribution >= 4 is 29.1 Å². The maximum absolute atomic E-state index is 11.2. The number of hydrogen-bond acceptors (Lipinski definition) is 2. The van der Waals surface area contributed by atoms with Crippen molar-refractivity contribution in [1.29, 1.82) is 0 Å². The van der Waals surface area contributed by atoms with Crippen molar-refractivity contribution in [2.24, 2.45) is 5.73 Å². The van der Waals surface area contributed by atoms with Crippen molar-refractivity contribution in [2.75, 3.05) is 6.54 Å². The van der Waals surface area contributed by atoms with Gasteiger partial charge in [-0.3, -0.25) is 4.79 Å². The molecule has 15 heavy (non-hydrogen) atoms. The molecule has 82 valence electrons. The maximum Gasteiger partial charge on any atom is 0.239 e. The molecule has 0 aromatic heterocycles. The van der Waals surface area contributed by atoms with E-state index < -0.39 is 11.9 Å². The maximum atomic E-state index is 11.2. The first kappa shape index (κ1) is 12.3. The van der Waals surface area contributed by atoms with E-state index in [1.807, 2.05) is 6.92 Å². The number of amides is 1. The van der Waals surface area contributed by atoms with E-state index in [1.165, 1.54) is 0 Å². The summed E-state index contributed by atoms with van der Waals surface area (Å²) in [5.74, 6) is -0.471. The molecule has 1 aromatic carbocycles. The van der Waals surface area contributed by atoms with Crippen molar-refractivity contribution in [3.05, 3.63) is 33.8 Å². The van der Waals surface area contributed by atoms with Crippen LogP contribution in [0.4, 0.5) is 0 Å². The number of carbonyl (C=O) groups is 1. The van der Waals surface area contributed by atoms with Crippen molar-refractivity contribution in [2.45, 2.75) is 13.0 Å². The van der Waals surface area contributed by atoms with E-state index in [4.69, 9.17) is 28.9 Å². The predicted octanol–water partition coefficient (Wildman–Crippen LogP) is 2.13. The molecule has 0 aliphatic carbocycles. The molecule has 0 saturated heterocycles. The molecule has 0 saturated carbocycles. The molecule has 0 radical (unpaired) electrons. The lowest BCUT2D eigenvalue weighted by Gasteiger charge is -2.16. The van der Waals surface area contributed by atoms with E-state index >= 15 is 0 Å². The standard InChI is InChI=1S/C10H12Cl2N2O/c1-2-14-9(10(13)15)7-5-6(11)3-4-8(7)12/h3-5,9,14H,2H2,1H3,(H2,13,15). The fourth-order valence-electron chi connectivity index (χ4n) is 1.30. The van der Waals surface area contributed by atoms with Gasteiger partial charge in [0.25, 0.3) is 0 Å². The third-order valence-corrected chi connectivity index (χ3v) is 2.54. The highest BCUT2D eigenvalue weighted by molar-refractivity contribution is 6.33. The first-order valence-electron chi connectivity index (χ1n) is 4.54. The van der Waals surface area contributed by atoms with Crippen LogP contribution in [0, 0.1) is 0 Å². The van der Waals surface area contributed by atoms with Crippen LogP contribution < -0.4 is 11.1 Å². The molecule has 1 amide bonds. The number of hydrogen-bond donors (Lipinski definition) is 2. The third-order valence-electron chi connectivity index (χ3n) is 1.96. The predicted molar refractivity (Wildman–Crippen MR) is 62.1 cm³/mol. The molecule has 0 spiro atoms. The zero-order valence-corrected chi connectivity index (χ0v) is 9.77. The summed E-state index contributed by atoms with van der Waals surface area (Å²) < 4.78 is 0. The van der Waals surface area contributed by atoms with Gasteiger partial charge in [0.15, 0.2) is 0 Å². The fraction of sp³-hybridized carbons (Fsp3) is 0.300. The number of primary amides is 1. The largest absolute Gasteiger partial charge is 0.368 e. The fourth-order valence-corrected chi connectivity index (χ4v) is 1.71. The summed E-state index contributed by atoms with van der Waals surface area (Å²) in [4.78, 5) is 11.2. The van der Waals surface area contributed by atoms with Crippen LogP contribution in [0.25, 0.3) is 0 Å². The number of halogens is 2. The van der Waals surface area contributed by atoms with Gasteiger partial charge in [0.2, 0.25) is 5.91 Å². The molecule has 3 N–H and O–H groups in total. The highest BCUT2D eigenvalue weighted by atomic mass is 35.5. The van der Waals surface area contributed by atoms with Crippen LogP contribution in [0.15, 0.2) is 18.2 Å². The zero-order valence-electron chi connectivity index (χ0n) is 8.26. The topological polar surface area (TPSA) is 55.1 Å². The first-order valence-corrected chi connectivity index (χ1v) is 5.29. The van der Waals surface area contributed by atoms with Gasteiger partial charge < -0.3 is 11.1 Å². The Bertz CT molecular complexity index is 368. The van der Waals surface area contributed by atoms with Gasteiger partial charge in [-0.1, -0.05) is 30.1 Å². The van der Waals surface area contributed by atoms with E-state index in [-0.39, 0.29) is 0 Å². The number of nitrogens with one attached hydrogen (secondary N) is 1. The Kier molecular flexibility index (Phi) is 4.39. The van der Waals surface area contributed by atoms with E-state index in [0.717, 1.165) is 0 Å². The van der Waals surface area contributed by atoms with Gasteiger partial charge in [0.05, 0.1) is 0 Å². The van der Waals surface area contributed by atoms with Crippen LogP contribution in [0.2, 0.25) is 10.0 Å². The van der Waals surface area contributed by atoms with Gasteiger partial charge >= 0.3 is 0 Å². The molecule has 0 aliphatic heterocycles. The Hall–Kier alpha value is -0.770. The Balaban J connectivity index is 3.09. The quantitative estimate of drug-likeness (QED) is 0.856. The molecule has 3 nitrogen and oxygen atoms in total. The van der Waals surface area contributed by atoms with Crippen LogP contribution in [0.1, 0.15) is 18.5 Å². The normalized spacial score (nSPS) is 12.5. The molecule has 0 bridgehead atoms. The molecule has 0 heterocycles. The van der Waals surface area contributed by atoms with Gasteiger partial charge in [-0.05, 0) is 30.3 Å². The molecular formula is C10H12Cl2N2O. The summed E-state index contributed by atoms with van der Waals surface area (Å²) in [7, 11) is 0. The number of likely N-dealkylation sites (N-methyl/N-ethyl adjacent to an activating group) is 1. The second-order valence-electron chi connectivity index (χ2n) is 3.06. The molecule has 0 fully saturated rings. The van der Waals surface area contributed by atoms with Gasteiger partial charge in [0.1, 0.15) is 6.04 Å². The third kappa shape index (κ3) is 3.09. The van der Waals surface area contributed by atoms with E-state index in [0.29, 0.717) is 22.2 Å². The smallest absolute Gasteiger partial charge is 0.239 e. The molecule has 1 atom stereocenters. The van der Waals surface area contributed by atoms with Crippen LogP contribution >= 0.6 is 23.2 Å². The molecule has 5 heteroatoms. The average Bonchev–Trinajstić information content (AvgIpc) is 2.18. The van der Waals surface area contributed by atoms with E-state index in [9.17, 15) is 4.79 Å². The minimum Gasteiger partial charge on any atom is -0.368 e. The highest BCUT2D eigenvalue weighted by Crippen LogP contribution is 2.26. The summed E-state index contributed by atoms with van der Waals surface area (Å²) in [6.07, 6.45) is 0. The Morgan fingerprint density at radius 1 is 1.53 bits per heavy atom. The van der Waals surface area contributed by atoms with Crippen LogP contribution in [0.3, 0.4) is 0 Å². The van der Waals surface area contributed by atoms with Crippen LogP contribution in [-0.2, 0) is 4.79 Å². The Morgan fingerprint density at radius 3 is 2.73 bits per heavy atom. The summed E-state index contributed by atoms with van der Waals surface area (Å²) in [5, 5.41) is 3.95. The Labute approximate surface area is 98.5 Å². The minimum atomic E-state index is -0.596. The van der Waals surface area contributed by atoms with Gasteiger partial charge in [0, 0.05) is 10.0 Å². The first-order chi connectivity index (χ1) is 7.06. The van der Waals surface area contributed by atoms with Gasteiger partial charge in [-0.25, -0.2) is 0 Å². The van der Waals surface area contributed by atoms with Gasteiger partial charge in [-0.15, -0.1) is 0 Å². The lowest BCUT2D eigenvalue weighted by molar-refractivity contribution is -0.120. The van der Waals surface area contributed by atoms with Crippen molar-refractivity contribution in [3.63, 3.8) is 0 Å². The highest BCUT2D eigenvalue weighted by Gasteiger charge is 2.19. The van der Waals surface area contributed by atoms with Gasteiger partial charge in [-0.2, -0.15) is 0 Å². The number of benzene rings is 1. The molecule has 1 aromatic rings. The Morgan fingerprint density at radius 2 is 2.20 bits per heavy atom. The number of rotatable bonds is 4. The summed E-state index contributed by atoms with van der Waals surface area (Å²) in [6, 6.07) is 4.35. The second-order valence-corrected chi connectivity index (χ2v) is 3.90.